The number of nitrogens with one attached hydrogen (secondary N) is 1. The van der Waals surface area contributed by atoms with E-state index in [-0.39, 0.29) is 34.5 Å². The molecule has 5 rings (SSSR count). The zero-order valence-electron chi connectivity index (χ0n) is 20.9. The zero-order chi connectivity index (χ0) is 27.6. The molecule has 0 radical (unpaired) electrons. The number of rotatable bonds is 9. The molecule has 1 amide bonds. The first-order valence-electron chi connectivity index (χ1n) is 12.2. The van der Waals surface area contributed by atoms with E-state index in [0.717, 1.165) is 6.07 Å². The van der Waals surface area contributed by atoms with Gasteiger partial charge in [-0.05, 0) is 50.1 Å². The predicted molar refractivity (Wildman–Crippen MR) is 139 cm³/mol. The molecule has 0 spiro atoms. The smallest absolute Gasteiger partial charge is 0.272 e. The van der Waals surface area contributed by atoms with Crippen LogP contribution in [0.2, 0.25) is 0 Å². The van der Waals surface area contributed by atoms with Crippen molar-refractivity contribution in [1.29, 1.82) is 0 Å². The largest absolute Gasteiger partial charge is 0.467 e. The van der Waals surface area contributed by atoms with E-state index >= 15 is 0 Å². The summed E-state index contributed by atoms with van der Waals surface area (Å²) in [5.74, 6) is 0.0472. The van der Waals surface area contributed by atoms with E-state index in [1.807, 2.05) is 6.07 Å². The van der Waals surface area contributed by atoms with Crippen molar-refractivity contribution >= 4 is 21.6 Å². The van der Waals surface area contributed by atoms with Crippen LogP contribution in [-0.4, -0.2) is 46.4 Å². The van der Waals surface area contributed by atoms with Crippen LogP contribution in [-0.2, 0) is 16.6 Å². The quantitative estimate of drug-likeness (QED) is 0.240. The minimum atomic E-state index is -4.09. The highest BCUT2D eigenvalue weighted by Gasteiger charge is 2.33. The average Bonchev–Trinajstić information content (AvgIpc) is 3.71. The molecule has 0 saturated carbocycles. The molecular formula is C26H25N5O7S. The molecular weight excluding hydrogens is 526 g/mol. The van der Waals surface area contributed by atoms with Gasteiger partial charge in [-0.2, -0.15) is 14.1 Å². The monoisotopic (exact) mass is 551 g/mol. The topological polar surface area (TPSA) is 150 Å². The Morgan fingerprint density at radius 2 is 1.87 bits per heavy atom. The van der Waals surface area contributed by atoms with Gasteiger partial charge in [-0.3, -0.25) is 14.9 Å². The Morgan fingerprint density at radius 1 is 1.13 bits per heavy atom. The third-order valence-corrected chi connectivity index (χ3v) is 8.23. The molecule has 13 heteroatoms. The molecule has 202 valence electrons. The molecule has 0 aliphatic carbocycles. The molecule has 2 aromatic heterocycles. The van der Waals surface area contributed by atoms with Gasteiger partial charge in [-0.1, -0.05) is 18.2 Å². The van der Waals surface area contributed by atoms with Gasteiger partial charge in [0.2, 0.25) is 15.9 Å². The maximum atomic E-state index is 13.5. The van der Waals surface area contributed by atoms with Gasteiger partial charge < -0.3 is 14.5 Å². The van der Waals surface area contributed by atoms with Crippen LogP contribution in [0.5, 0.6) is 11.6 Å². The Balaban J connectivity index is 1.58. The van der Waals surface area contributed by atoms with Gasteiger partial charge >= 0.3 is 0 Å². The van der Waals surface area contributed by atoms with Crippen molar-refractivity contribution in [3.63, 3.8) is 0 Å². The summed E-state index contributed by atoms with van der Waals surface area (Å²) in [7, 11) is -4.09. The number of nitrogens with zero attached hydrogens (tertiary/aromatic N) is 4. The number of nitro benzene ring substituents is 1. The number of amides is 1. The molecule has 1 saturated heterocycles. The number of ether oxygens (including phenoxy) is 1. The van der Waals surface area contributed by atoms with E-state index in [1.165, 1.54) is 27.4 Å². The maximum absolute atomic E-state index is 13.5. The first kappa shape index (κ1) is 26.1. The van der Waals surface area contributed by atoms with E-state index < -0.39 is 20.9 Å². The molecule has 2 aromatic carbocycles. The molecule has 0 bridgehead atoms. The number of carbonyl (C=O) groups excluding carboxylic acids is 1. The van der Waals surface area contributed by atoms with Crippen LogP contribution in [0.1, 0.15) is 34.7 Å². The summed E-state index contributed by atoms with van der Waals surface area (Å²) in [6, 6.07) is 15.7. The van der Waals surface area contributed by atoms with E-state index in [9.17, 15) is 23.3 Å². The van der Waals surface area contributed by atoms with Crippen LogP contribution >= 0.6 is 0 Å². The Labute approximate surface area is 224 Å². The van der Waals surface area contributed by atoms with E-state index in [0.29, 0.717) is 42.9 Å². The third-order valence-electron chi connectivity index (χ3n) is 6.32. The molecule has 0 atom stereocenters. The Bertz CT molecular complexity index is 1610. The van der Waals surface area contributed by atoms with Gasteiger partial charge in [-0.25, -0.2) is 8.42 Å². The van der Waals surface area contributed by atoms with E-state index in [2.05, 4.69) is 10.4 Å². The number of sulfonamides is 1. The summed E-state index contributed by atoms with van der Waals surface area (Å²) in [4.78, 5) is 23.6. The minimum absolute atomic E-state index is 0.0614. The van der Waals surface area contributed by atoms with Gasteiger partial charge in [-0.15, -0.1) is 0 Å². The molecule has 12 nitrogen and oxygen atoms in total. The predicted octanol–water partition coefficient (Wildman–Crippen LogP) is 4.19. The summed E-state index contributed by atoms with van der Waals surface area (Å²) in [6.07, 6.45) is 2.89. The Hall–Kier alpha value is -4.49. The van der Waals surface area contributed by atoms with Crippen LogP contribution in [0.25, 0.3) is 5.69 Å². The standard InChI is InChI=1S/C26H25N5O7S/c1-18-24(25(32)27-17-21-10-7-15-37-21)28-30(19-8-3-2-4-9-19)26(18)38-22-12-11-20(31(33)34)16-23(22)39(35,36)29-13-5-6-14-29/h2-4,7-12,15-16H,5-6,13-14,17H2,1H3,(H,27,32). The van der Waals surface area contributed by atoms with Crippen LogP contribution in [0.15, 0.2) is 76.2 Å². The average molecular weight is 552 g/mol. The zero-order valence-corrected chi connectivity index (χ0v) is 21.8. The van der Waals surface area contributed by atoms with Gasteiger partial charge in [0.1, 0.15) is 16.4 Å². The summed E-state index contributed by atoms with van der Waals surface area (Å²) >= 11 is 0. The number of furan rings is 1. The summed E-state index contributed by atoms with van der Waals surface area (Å²) < 4.78 is 41.1. The molecule has 39 heavy (non-hydrogen) atoms. The number of hydrogen-bond acceptors (Lipinski definition) is 8. The number of aromatic nitrogens is 2. The fourth-order valence-electron chi connectivity index (χ4n) is 4.29. The number of para-hydroxylation sites is 1. The SMILES string of the molecule is Cc1c(C(=O)NCc2ccco2)nn(-c2ccccc2)c1Oc1ccc([N+](=O)[O-])cc1S(=O)(=O)N1CCCC1. The molecule has 4 aromatic rings. The van der Waals surface area contributed by atoms with E-state index in [1.54, 1.807) is 43.3 Å². The second-order valence-corrected chi connectivity index (χ2v) is 10.8. The lowest BCUT2D eigenvalue weighted by Gasteiger charge is -2.18. The van der Waals surface area contributed by atoms with Crippen LogP contribution in [0.4, 0.5) is 5.69 Å². The highest BCUT2D eigenvalue weighted by atomic mass is 32.2. The Morgan fingerprint density at radius 3 is 2.54 bits per heavy atom. The highest BCUT2D eigenvalue weighted by molar-refractivity contribution is 7.89. The lowest BCUT2D eigenvalue weighted by molar-refractivity contribution is -0.385. The molecule has 1 N–H and O–H groups in total. The van der Waals surface area contributed by atoms with Crippen LogP contribution < -0.4 is 10.1 Å². The van der Waals surface area contributed by atoms with Gasteiger partial charge in [0, 0.05) is 30.8 Å². The van der Waals surface area contributed by atoms with Crippen molar-refractivity contribution in [3.8, 4) is 17.3 Å². The van der Waals surface area contributed by atoms with Crippen LogP contribution in [0, 0.1) is 17.0 Å². The van der Waals surface area contributed by atoms with Crippen molar-refractivity contribution < 1.29 is 27.3 Å². The fourth-order valence-corrected chi connectivity index (χ4v) is 5.94. The van der Waals surface area contributed by atoms with Crippen molar-refractivity contribution in [1.82, 2.24) is 19.4 Å². The molecule has 3 heterocycles. The maximum Gasteiger partial charge on any atom is 0.272 e. The van der Waals surface area contributed by atoms with Gasteiger partial charge in [0.25, 0.3) is 11.6 Å². The molecule has 1 aliphatic heterocycles. The normalized spacial score (nSPS) is 13.9. The van der Waals surface area contributed by atoms with Gasteiger partial charge in [0.05, 0.1) is 23.4 Å². The van der Waals surface area contributed by atoms with E-state index in [4.69, 9.17) is 9.15 Å². The number of carbonyl (C=O) groups is 1. The number of benzene rings is 2. The second-order valence-electron chi connectivity index (χ2n) is 8.89. The number of nitro groups is 1. The fraction of sp³-hybridized carbons (Fsp3) is 0.231. The highest BCUT2D eigenvalue weighted by Crippen LogP contribution is 2.37. The third kappa shape index (κ3) is 5.26. The lowest BCUT2D eigenvalue weighted by Crippen LogP contribution is -2.28. The first-order chi connectivity index (χ1) is 18.8. The minimum Gasteiger partial charge on any atom is -0.467 e. The van der Waals surface area contributed by atoms with Crippen molar-refractivity contribution in [2.24, 2.45) is 0 Å². The summed E-state index contributed by atoms with van der Waals surface area (Å²) in [5.41, 5.74) is 0.586. The van der Waals surface area contributed by atoms with Crippen LogP contribution in [0.3, 0.4) is 0 Å². The van der Waals surface area contributed by atoms with Crippen molar-refractivity contribution in [2.45, 2.75) is 31.2 Å². The molecule has 1 fully saturated rings. The summed E-state index contributed by atoms with van der Waals surface area (Å²) in [5, 5.41) is 18.7. The number of non-ortho nitro benzene ring substituents is 1. The lowest BCUT2D eigenvalue weighted by atomic mass is 10.2. The Kier molecular flexibility index (Phi) is 7.17. The molecule has 1 aliphatic rings. The second kappa shape index (κ2) is 10.7. The molecule has 0 unspecified atom stereocenters. The number of hydrogen-bond donors (Lipinski definition) is 1. The van der Waals surface area contributed by atoms with Crippen molar-refractivity contribution in [2.75, 3.05) is 13.1 Å². The van der Waals surface area contributed by atoms with Gasteiger partial charge in [0.15, 0.2) is 5.69 Å². The van der Waals surface area contributed by atoms with Crippen molar-refractivity contribution in [3.05, 3.63) is 94.1 Å². The first-order valence-corrected chi connectivity index (χ1v) is 13.6. The summed E-state index contributed by atoms with van der Waals surface area (Å²) in [6.45, 7) is 2.39.